The Morgan fingerprint density at radius 1 is 1.15 bits per heavy atom. The van der Waals surface area contributed by atoms with Gasteiger partial charge in [0.1, 0.15) is 5.75 Å². The molecule has 0 amide bonds. The van der Waals surface area contributed by atoms with Crippen LogP contribution < -0.4 is 4.52 Å². The smallest absolute Gasteiger partial charge is 0.393 e. The Morgan fingerprint density at radius 2 is 1.69 bits per heavy atom. The van der Waals surface area contributed by atoms with E-state index in [1.165, 1.54) is 12.1 Å². The second kappa shape index (κ2) is 4.19. The first kappa shape index (κ1) is 10.7. The third kappa shape index (κ3) is 3.08. The molecule has 3 nitrogen and oxygen atoms in total. The first-order chi connectivity index (χ1) is 6.02. The Labute approximate surface area is 76.4 Å². The number of halogens is 2. The molecule has 0 fully saturated rings. The number of hydrogen-bond donors (Lipinski definition) is 2. The highest BCUT2D eigenvalue weighted by molar-refractivity contribution is 8.22. The van der Waals surface area contributed by atoms with E-state index in [1.54, 1.807) is 18.2 Å². The third-order valence-electron chi connectivity index (χ3n) is 1.15. The maximum absolute atomic E-state index is 12.0. The molecule has 0 unspecified atom stereocenters. The van der Waals surface area contributed by atoms with Gasteiger partial charge in [-0.1, -0.05) is 18.2 Å². The van der Waals surface area contributed by atoms with Gasteiger partial charge in [0, 0.05) is 0 Å². The van der Waals surface area contributed by atoms with Crippen LogP contribution in [0.3, 0.4) is 0 Å². The summed E-state index contributed by atoms with van der Waals surface area (Å²) >= 11 is 0. The van der Waals surface area contributed by atoms with Gasteiger partial charge in [0.15, 0.2) is 0 Å². The monoisotopic (exact) mass is 228 g/mol. The van der Waals surface area contributed by atoms with Crippen molar-refractivity contribution in [1.82, 2.24) is 0 Å². The van der Waals surface area contributed by atoms with Gasteiger partial charge in [-0.25, -0.2) is 0 Å². The zero-order chi connectivity index (χ0) is 9.90. The highest BCUT2D eigenvalue weighted by Crippen LogP contribution is 2.44. The van der Waals surface area contributed by atoms with Crippen LogP contribution in [0, 0.1) is 0 Å². The maximum atomic E-state index is 12.0. The van der Waals surface area contributed by atoms with Crippen molar-refractivity contribution < 1.29 is 22.1 Å². The van der Waals surface area contributed by atoms with E-state index in [1.807, 2.05) is 0 Å². The molecule has 0 aromatic heterocycles. The van der Waals surface area contributed by atoms with E-state index >= 15 is 0 Å². The minimum absolute atomic E-state index is 0.0219. The summed E-state index contributed by atoms with van der Waals surface area (Å²) in [5, 5.41) is 0. The fraction of sp³-hybridized carbons (Fsp3) is 0. The van der Waals surface area contributed by atoms with E-state index < -0.39 is 17.6 Å². The largest absolute Gasteiger partial charge is 0.425 e. The molecule has 2 N–H and O–H groups in total. The second-order valence-corrected chi connectivity index (χ2v) is 5.90. The molecule has 0 spiro atoms. The first-order valence-electron chi connectivity index (χ1n) is 3.19. The minimum Gasteiger partial charge on any atom is -0.425 e. The molecule has 0 aliphatic heterocycles. The summed E-state index contributed by atoms with van der Waals surface area (Å²) in [6.45, 7) is -4.54. The Kier molecular flexibility index (Phi) is 3.44. The van der Waals surface area contributed by atoms with E-state index in [-0.39, 0.29) is 5.75 Å². The maximum Gasteiger partial charge on any atom is 0.393 e. The van der Waals surface area contributed by atoms with Gasteiger partial charge in [-0.05, 0) is 12.1 Å². The number of hydrogen-bond acceptors (Lipinski definition) is 1. The van der Waals surface area contributed by atoms with E-state index in [0.717, 1.165) is 0 Å². The summed E-state index contributed by atoms with van der Waals surface area (Å²) in [6, 6.07) is 7.49. The summed E-state index contributed by atoms with van der Waals surface area (Å²) in [5.41, 5.74) is 0. The molecule has 0 aliphatic carbocycles. The van der Waals surface area contributed by atoms with Gasteiger partial charge in [-0.3, -0.25) is 0 Å². The zero-order valence-corrected chi connectivity index (χ0v) is 8.01. The van der Waals surface area contributed by atoms with Gasteiger partial charge in [-0.15, -0.1) is 7.77 Å². The van der Waals surface area contributed by atoms with Crippen LogP contribution in [0.5, 0.6) is 5.75 Å². The van der Waals surface area contributed by atoms with Crippen molar-refractivity contribution in [3.63, 3.8) is 0 Å². The van der Waals surface area contributed by atoms with Crippen LogP contribution in [0.15, 0.2) is 30.3 Å². The lowest BCUT2D eigenvalue weighted by Gasteiger charge is -2.11. The average molecular weight is 228 g/mol. The molecule has 0 atom stereocenters. The second-order valence-electron chi connectivity index (χ2n) is 2.09. The van der Waals surface area contributed by atoms with Gasteiger partial charge in [0.05, 0.1) is 0 Å². The molecule has 0 saturated carbocycles. The number of benzene rings is 1. The molecule has 7 heteroatoms. The molecule has 0 heterocycles. The molecular formula is C6H7F2O3PS. The van der Waals surface area contributed by atoms with Crippen molar-refractivity contribution >= 4 is 17.6 Å². The van der Waals surface area contributed by atoms with Crippen molar-refractivity contribution in [2.75, 3.05) is 0 Å². The van der Waals surface area contributed by atoms with Gasteiger partial charge in [0.2, 0.25) is 0 Å². The first-order valence-corrected chi connectivity index (χ1v) is 6.43. The lowest BCUT2D eigenvalue weighted by atomic mass is 10.3. The van der Waals surface area contributed by atoms with E-state index in [2.05, 4.69) is 4.52 Å². The van der Waals surface area contributed by atoms with Crippen molar-refractivity contribution in [2.24, 2.45) is 0 Å². The third-order valence-corrected chi connectivity index (χ3v) is 3.26. The fourth-order valence-corrected chi connectivity index (χ4v) is 1.53. The Balaban J connectivity index is 2.88. The van der Waals surface area contributed by atoms with E-state index in [0.29, 0.717) is 0 Å². The van der Waals surface area contributed by atoms with Crippen LogP contribution in [0.25, 0.3) is 0 Å². The van der Waals surface area contributed by atoms with Crippen molar-refractivity contribution in [2.45, 2.75) is 0 Å². The van der Waals surface area contributed by atoms with Crippen LogP contribution in [-0.4, -0.2) is 9.79 Å². The topological polar surface area (TPSA) is 49.7 Å². The van der Waals surface area contributed by atoms with Crippen LogP contribution >= 0.6 is 6.72 Å². The van der Waals surface area contributed by atoms with E-state index in [4.69, 9.17) is 9.79 Å². The summed E-state index contributed by atoms with van der Waals surface area (Å²) in [6.07, 6.45) is 0. The van der Waals surface area contributed by atoms with Crippen LogP contribution in [0.4, 0.5) is 7.77 Å². The molecule has 1 aromatic carbocycles. The average Bonchev–Trinajstić information content (AvgIpc) is 2.05. The van der Waals surface area contributed by atoms with Crippen molar-refractivity contribution in [1.29, 1.82) is 0 Å². The molecule has 0 aliphatic rings. The van der Waals surface area contributed by atoms with Gasteiger partial charge >= 0.3 is 6.72 Å². The Bertz CT molecular complexity index is 333. The molecule has 13 heavy (non-hydrogen) atoms. The molecular weight excluding hydrogens is 221 g/mol. The molecule has 0 saturated heterocycles. The SMILES string of the molecule is OP(O)(Oc1ccccc1)=S(F)F. The number of rotatable bonds is 2. The molecule has 0 radical (unpaired) electrons. The molecule has 74 valence electrons. The summed E-state index contributed by atoms with van der Waals surface area (Å²) in [7, 11) is -3.53. The Morgan fingerprint density at radius 3 is 2.15 bits per heavy atom. The van der Waals surface area contributed by atoms with Crippen molar-refractivity contribution in [3.8, 4) is 5.75 Å². The standard InChI is InChI=1S/C6H7F2O3PS/c7-13(8)12(9,10)11-6-4-2-1-3-5-6/h1-5,9-10H. The molecule has 1 rings (SSSR count). The van der Waals surface area contributed by atoms with Gasteiger partial charge in [0.25, 0.3) is 10.8 Å². The summed E-state index contributed by atoms with van der Waals surface area (Å²) < 4.78 is 28.2. The predicted molar refractivity (Wildman–Crippen MR) is 48.0 cm³/mol. The Hall–Kier alpha value is -0.420. The lowest BCUT2D eigenvalue weighted by Crippen LogP contribution is -1.93. The zero-order valence-electron chi connectivity index (χ0n) is 6.30. The highest BCUT2D eigenvalue weighted by atomic mass is 32.6. The number of para-hydroxylation sites is 1. The predicted octanol–water partition coefficient (Wildman–Crippen LogP) is 2.11. The summed E-state index contributed by atoms with van der Waals surface area (Å²) in [5.74, 6) is 0.0219. The van der Waals surface area contributed by atoms with Crippen LogP contribution in [0.1, 0.15) is 0 Å². The normalized spacial score (nSPS) is 11.8. The quantitative estimate of drug-likeness (QED) is 0.762. The molecule has 1 aromatic rings. The molecule has 0 bridgehead atoms. The van der Waals surface area contributed by atoms with E-state index in [9.17, 15) is 7.77 Å². The summed E-state index contributed by atoms with van der Waals surface area (Å²) in [4.78, 5) is 17.5. The van der Waals surface area contributed by atoms with Gasteiger partial charge < -0.3 is 14.3 Å². The van der Waals surface area contributed by atoms with Gasteiger partial charge in [-0.2, -0.15) is 0 Å². The lowest BCUT2D eigenvalue weighted by molar-refractivity contribution is 0.367. The van der Waals surface area contributed by atoms with Crippen LogP contribution in [0.2, 0.25) is 0 Å². The fourth-order valence-electron chi connectivity index (χ4n) is 0.647. The van der Waals surface area contributed by atoms with Crippen molar-refractivity contribution in [3.05, 3.63) is 30.3 Å². The highest BCUT2D eigenvalue weighted by Gasteiger charge is 2.20. The minimum atomic E-state index is -4.54. The van der Waals surface area contributed by atoms with Crippen LogP contribution in [-0.2, 0) is 10.8 Å².